The minimum Gasteiger partial charge on any atom is -0.355 e. The van der Waals surface area contributed by atoms with E-state index in [1.807, 2.05) is 25.1 Å². The second kappa shape index (κ2) is 9.78. The minimum absolute atomic E-state index is 0.197. The topological polar surface area (TPSA) is 96.9 Å². The first-order valence-electron chi connectivity index (χ1n) is 10.5. The quantitative estimate of drug-likeness (QED) is 0.316. The van der Waals surface area contributed by atoms with Crippen molar-refractivity contribution in [3.63, 3.8) is 0 Å². The van der Waals surface area contributed by atoms with Gasteiger partial charge < -0.3 is 10.6 Å². The monoisotopic (exact) mass is 511 g/mol. The van der Waals surface area contributed by atoms with Gasteiger partial charge in [-0.1, -0.05) is 24.8 Å². The van der Waals surface area contributed by atoms with E-state index < -0.39 is 20.2 Å². The van der Waals surface area contributed by atoms with Crippen molar-refractivity contribution in [2.24, 2.45) is 0 Å². The van der Waals surface area contributed by atoms with Crippen molar-refractivity contribution in [2.45, 2.75) is 17.3 Å². The Morgan fingerprint density at radius 1 is 1.00 bits per heavy atom. The molecule has 0 spiro atoms. The molecule has 0 aliphatic heterocycles. The lowest BCUT2D eigenvalue weighted by atomic mass is 10.1. The molecule has 4 rings (SSSR count). The van der Waals surface area contributed by atoms with Crippen molar-refractivity contribution >= 4 is 32.9 Å². The number of alkyl halides is 3. The van der Waals surface area contributed by atoms with Crippen molar-refractivity contribution in [3.05, 3.63) is 97.0 Å². The van der Waals surface area contributed by atoms with Gasteiger partial charge in [-0.2, -0.15) is 13.2 Å². The Labute approximate surface area is 205 Å². The van der Waals surface area contributed by atoms with Crippen LogP contribution in [0.25, 0.3) is 17.0 Å². The number of nitrogens with zero attached hydrogens (tertiary/aromatic N) is 3. The Balaban J connectivity index is 1.55. The predicted molar refractivity (Wildman–Crippen MR) is 132 cm³/mol. The largest absolute Gasteiger partial charge is 0.501 e. The molecule has 0 bridgehead atoms. The van der Waals surface area contributed by atoms with Gasteiger partial charge in [-0.15, -0.1) is 0 Å². The minimum atomic E-state index is -5.47. The van der Waals surface area contributed by atoms with E-state index in [4.69, 9.17) is 0 Å². The third-order valence-electron chi connectivity index (χ3n) is 5.19. The molecule has 2 aromatic carbocycles. The first-order chi connectivity index (χ1) is 17.0. The molecule has 0 aliphatic carbocycles. The average Bonchev–Trinajstić information content (AvgIpc) is 2.86. The highest BCUT2D eigenvalue weighted by atomic mass is 32.2. The van der Waals surface area contributed by atoms with Crippen molar-refractivity contribution < 1.29 is 21.6 Å². The molecular formula is C25H20F3N5O2S. The van der Waals surface area contributed by atoms with Crippen molar-refractivity contribution in [1.82, 2.24) is 15.0 Å². The number of hydrogen-bond donors (Lipinski definition) is 2. The summed E-state index contributed by atoms with van der Waals surface area (Å²) in [6.45, 7) is 5.73. The predicted octanol–water partition coefficient (Wildman–Crippen LogP) is 5.97. The maximum atomic E-state index is 12.9. The van der Waals surface area contributed by atoms with Gasteiger partial charge in [0.15, 0.2) is 0 Å². The van der Waals surface area contributed by atoms with Gasteiger partial charge in [0.25, 0.3) is 9.84 Å². The lowest BCUT2D eigenvalue weighted by Crippen LogP contribution is -2.23. The van der Waals surface area contributed by atoms with Crippen molar-refractivity contribution in [1.29, 1.82) is 0 Å². The molecule has 4 aromatic rings. The van der Waals surface area contributed by atoms with Crippen LogP contribution in [0.5, 0.6) is 0 Å². The molecule has 0 atom stereocenters. The Kier molecular flexibility index (Phi) is 6.75. The van der Waals surface area contributed by atoms with E-state index in [9.17, 15) is 21.6 Å². The highest BCUT2D eigenvalue weighted by molar-refractivity contribution is 7.92. The van der Waals surface area contributed by atoms with Crippen molar-refractivity contribution in [3.8, 4) is 11.3 Å². The molecule has 0 fully saturated rings. The van der Waals surface area contributed by atoms with Crippen LogP contribution in [0.15, 0.2) is 90.7 Å². The lowest BCUT2D eigenvalue weighted by Gasteiger charge is -2.15. The van der Waals surface area contributed by atoms with Gasteiger partial charge in [-0.25, -0.2) is 18.4 Å². The molecule has 0 saturated carbocycles. The summed E-state index contributed by atoms with van der Waals surface area (Å²) >= 11 is 0. The molecule has 11 heteroatoms. The Morgan fingerprint density at radius 3 is 2.53 bits per heavy atom. The summed E-state index contributed by atoms with van der Waals surface area (Å²) in [4.78, 5) is 12.0. The van der Waals surface area contributed by atoms with E-state index in [2.05, 4.69) is 32.2 Å². The summed E-state index contributed by atoms with van der Waals surface area (Å²) in [5.74, 6) is 0.362. The van der Waals surface area contributed by atoms with Gasteiger partial charge in [0.05, 0.1) is 10.6 Å². The fourth-order valence-electron chi connectivity index (χ4n) is 3.28. The van der Waals surface area contributed by atoms with E-state index in [1.54, 1.807) is 36.8 Å². The SMILES string of the molecule is C=C(Nc1ccc(C)c(Nc2nccc(-c3cccnc3)n2)c1)c1cccc(S(=O)(=O)C(F)(F)F)c1. The van der Waals surface area contributed by atoms with Crippen LogP contribution in [0.3, 0.4) is 0 Å². The molecular weight excluding hydrogens is 491 g/mol. The Bertz CT molecular complexity index is 1520. The summed E-state index contributed by atoms with van der Waals surface area (Å²) in [7, 11) is -5.47. The van der Waals surface area contributed by atoms with Crippen LogP contribution < -0.4 is 10.6 Å². The third kappa shape index (κ3) is 5.36. The number of rotatable bonds is 7. The smallest absolute Gasteiger partial charge is 0.355 e. The van der Waals surface area contributed by atoms with E-state index in [-0.39, 0.29) is 11.3 Å². The molecule has 0 aliphatic rings. The molecule has 184 valence electrons. The second-order valence-corrected chi connectivity index (χ2v) is 9.68. The first kappa shape index (κ1) is 24.9. The Hall–Kier alpha value is -4.25. The van der Waals surface area contributed by atoms with Gasteiger partial charge >= 0.3 is 5.51 Å². The average molecular weight is 512 g/mol. The van der Waals surface area contributed by atoms with E-state index >= 15 is 0 Å². The van der Waals surface area contributed by atoms with E-state index in [0.29, 0.717) is 23.0 Å². The van der Waals surface area contributed by atoms with E-state index in [1.165, 1.54) is 12.1 Å². The number of aromatic nitrogens is 3. The molecule has 2 N–H and O–H groups in total. The van der Waals surface area contributed by atoms with Gasteiger partial charge in [-0.05, 0) is 60.5 Å². The maximum Gasteiger partial charge on any atom is 0.501 e. The molecule has 0 radical (unpaired) electrons. The Morgan fingerprint density at radius 2 is 1.81 bits per heavy atom. The van der Waals surface area contributed by atoms with Crippen molar-refractivity contribution in [2.75, 3.05) is 10.6 Å². The number of sulfone groups is 1. The number of anilines is 3. The van der Waals surface area contributed by atoms with Crippen LogP contribution >= 0.6 is 0 Å². The summed E-state index contributed by atoms with van der Waals surface area (Å²) in [5.41, 5.74) is -1.31. The highest BCUT2D eigenvalue weighted by Crippen LogP contribution is 2.32. The molecule has 7 nitrogen and oxygen atoms in total. The molecule has 0 amide bonds. The molecule has 2 heterocycles. The van der Waals surface area contributed by atoms with Crippen LogP contribution in [0.1, 0.15) is 11.1 Å². The number of halogens is 3. The first-order valence-corrected chi connectivity index (χ1v) is 12.0. The molecule has 2 aromatic heterocycles. The number of aryl methyl sites for hydroxylation is 1. The summed E-state index contributed by atoms with van der Waals surface area (Å²) in [6, 6.07) is 15.3. The van der Waals surface area contributed by atoms with E-state index in [0.717, 1.165) is 23.3 Å². The standard InChI is InChI=1S/C25H20F3N5O2S/c1-16-8-9-20(31-17(2)18-5-3-7-21(13-18)36(34,35)25(26,27)28)14-23(16)33-24-30-12-10-22(32-24)19-6-4-11-29-15-19/h3-15,31H,2H2,1H3,(H,30,32,33). The zero-order valence-corrected chi connectivity index (χ0v) is 19.7. The fraction of sp³-hybridized carbons (Fsp3) is 0.0800. The van der Waals surface area contributed by atoms with Crippen LogP contribution in [0.4, 0.5) is 30.5 Å². The maximum absolute atomic E-state index is 12.9. The summed E-state index contributed by atoms with van der Waals surface area (Å²) < 4.78 is 62.3. The summed E-state index contributed by atoms with van der Waals surface area (Å²) in [5, 5.41) is 6.17. The van der Waals surface area contributed by atoms with Gasteiger partial charge in [0.1, 0.15) is 0 Å². The lowest BCUT2D eigenvalue weighted by molar-refractivity contribution is -0.0436. The number of hydrogen-bond acceptors (Lipinski definition) is 7. The number of pyridine rings is 1. The van der Waals surface area contributed by atoms with Crippen LogP contribution in [0, 0.1) is 6.92 Å². The zero-order chi connectivity index (χ0) is 25.9. The molecule has 36 heavy (non-hydrogen) atoms. The summed E-state index contributed by atoms with van der Waals surface area (Å²) in [6.07, 6.45) is 4.99. The van der Waals surface area contributed by atoms with Crippen LogP contribution in [-0.4, -0.2) is 28.9 Å². The number of benzene rings is 2. The zero-order valence-electron chi connectivity index (χ0n) is 18.9. The number of nitrogens with one attached hydrogen (secondary N) is 2. The normalized spacial score (nSPS) is 11.7. The fourth-order valence-corrected chi connectivity index (χ4v) is 4.09. The molecule has 0 saturated heterocycles. The van der Waals surface area contributed by atoms with Gasteiger partial charge in [0.2, 0.25) is 5.95 Å². The third-order valence-corrected chi connectivity index (χ3v) is 6.67. The van der Waals surface area contributed by atoms with Gasteiger partial charge in [-0.3, -0.25) is 4.98 Å². The molecule has 0 unspecified atom stereocenters. The van der Waals surface area contributed by atoms with Gasteiger partial charge in [0, 0.05) is 41.2 Å². The second-order valence-electron chi connectivity index (χ2n) is 7.74. The van der Waals surface area contributed by atoms with Crippen LogP contribution in [0.2, 0.25) is 0 Å². The highest BCUT2D eigenvalue weighted by Gasteiger charge is 2.46. The van der Waals surface area contributed by atoms with Crippen LogP contribution in [-0.2, 0) is 9.84 Å².